The van der Waals surface area contributed by atoms with Gasteiger partial charge in [0.2, 0.25) is 0 Å². The zero-order valence-corrected chi connectivity index (χ0v) is 8.25. The summed E-state index contributed by atoms with van der Waals surface area (Å²) < 4.78 is 27.3. The zero-order valence-electron chi connectivity index (χ0n) is 8.25. The van der Waals surface area contributed by atoms with Crippen LogP contribution in [-0.2, 0) is 6.42 Å². The topological polar surface area (TPSA) is 95.2 Å². The van der Waals surface area contributed by atoms with Crippen LogP contribution in [0.1, 0.15) is 22.3 Å². The third-order valence-corrected chi connectivity index (χ3v) is 2.07. The highest BCUT2D eigenvalue weighted by Crippen LogP contribution is 2.25. The fourth-order valence-electron chi connectivity index (χ4n) is 1.31. The zero-order chi connectivity index (χ0) is 13.0. The Morgan fingerprint density at radius 1 is 0.765 bits per heavy atom. The first-order chi connectivity index (χ1) is 8.12. The summed E-state index contributed by atoms with van der Waals surface area (Å²) in [4.78, 5) is 0. The first kappa shape index (κ1) is 12.1. The molecule has 17 heavy (non-hydrogen) atoms. The van der Waals surface area contributed by atoms with Crippen LogP contribution in [0.5, 0.6) is 0 Å². The quantitative estimate of drug-likeness (QED) is 0.729. The molecule has 4 nitrogen and oxygen atoms in total. The Balaban J connectivity index is 3.86. The molecule has 0 aliphatic heterocycles. The fraction of sp³-hybridized carbons (Fsp3) is 0.0909. The van der Waals surface area contributed by atoms with Gasteiger partial charge in [-0.05, 0) is 0 Å². The summed E-state index contributed by atoms with van der Waals surface area (Å²) in [5.41, 5.74) is -2.81. The summed E-state index contributed by atoms with van der Waals surface area (Å²) in [6.07, 6.45) is -0.550. The molecule has 0 heterocycles. The number of nitriles is 4. The first-order valence-electron chi connectivity index (χ1n) is 4.23. The molecule has 0 aliphatic rings. The van der Waals surface area contributed by atoms with Crippen LogP contribution >= 0.6 is 0 Å². The van der Waals surface area contributed by atoms with Crippen LogP contribution in [0.25, 0.3) is 0 Å². The lowest BCUT2D eigenvalue weighted by molar-refractivity contribution is 0.580. The normalized spacial score (nSPS) is 8.59. The van der Waals surface area contributed by atoms with E-state index < -0.39 is 40.3 Å². The molecule has 0 atom stereocenters. The summed E-state index contributed by atoms with van der Waals surface area (Å²) in [5.74, 6) is -2.46. The van der Waals surface area contributed by atoms with E-state index >= 15 is 0 Å². The second kappa shape index (κ2) is 4.71. The Hall–Kier alpha value is -2.96. The number of benzene rings is 1. The average Bonchev–Trinajstić information content (AvgIpc) is 2.33. The van der Waals surface area contributed by atoms with Crippen LogP contribution in [0.2, 0.25) is 0 Å². The van der Waals surface area contributed by atoms with Crippen molar-refractivity contribution in [3.05, 3.63) is 33.9 Å². The molecular formula is C11H2F2N4. The molecule has 0 unspecified atom stereocenters. The monoisotopic (exact) mass is 228 g/mol. The molecule has 0 aliphatic carbocycles. The van der Waals surface area contributed by atoms with Gasteiger partial charge in [-0.2, -0.15) is 21.0 Å². The van der Waals surface area contributed by atoms with Gasteiger partial charge in [0, 0.05) is 5.56 Å². The molecule has 0 radical (unpaired) electrons. The van der Waals surface area contributed by atoms with Gasteiger partial charge in [0.25, 0.3) is 0 Å². The minimum Gasteiger partial charge on any atom is -0.205 e. The van der Waals surface area contributed by atoms with E-state index in [1.165, 1.54) is 18.2 Å². The summed E-state index contributed by atoms with van der Waals surface area (Å²) in [6, 6.07) is 5.63. The molecule has 0 saturated heterocycles. The fourth-order valence-corrected chi connectivity index (χ4v) is 1.31. The van der Waals surface area contributed by atoms with E-state index in [0.29, 0.717) is 0 Å². The van der Waals surface area contributed by atoms with Crippen molar-refractivity contribution in [1.29, 1.82) is 21.0 Å². The third-order valence-electron chi connectivity index (χ3n) is 2.07. The minimum atomic E-state index is -1.27. The highest BCUT2D eigenvalue weighted by Gasteiger charge is 2.24. The van der Waals surface area contributed by atoms with E-state index in [9.17, 15) is 8.78 Å². The summed E-state index contributed by atoms with van der Waals surface area (Å²) >= 11 is 0. The SMILES string of the molecule is N#CCc1c(F)c(C#N)c(C#N)c(F)c1C#N. The Kier molecular flexibility index (Phi) is 3.35. The lowest BCUT2D eigenvalue weighted by atomic mass is 9.96. The van der Waals surface area contributed by atoms with Crippen molar-refractivity contribution in [2.75, 3.05) is 0 Å². The lowest BCUT2D eigenvalue weighted by Gasteiger charge is -2.06. The predicted molar refractivity (Wildman–Crippen MR) is 49.8 cm³/mol. The van der Waals surface area contributed by atoms with Crippen LogP contribution in [-0.4, -0.2) is 0 Å². The molecular weight excluding hydrogens is 226 g/mol. The first-order valence-corrected chi connectivity index (χ1v) is 4.23. The van der Waals surface area contributed by atoms with Crippen LogP contribution in [0, 0.1) is 57.0 Å². The van der Waals surface area contributed by atoms with Crippen molar-refractivity contribution in [2.45, 2.75) is 6.42 Å². The second-order valence-electron chi connectivity index (χ2n) is 2.90. The number of hydrogen-bond acceptors (Lipinski definition) is 4. The molecule has 0 bridgehead atoms. The van der Waals surface area contributed by atoms with Crippen LogP contribution in [0.15, 0.2) is 0 Å². The summed E-state index contributed by atoms with van der Waals surface area (Å²) in [7, 11) is 0. The molecule has 1 rings (SSSR count). The van der Waals surface area contributed by atoms with Crippen molar-refractivity contribution < 1.29 is 8.78 Å². The molecule has 0 fully saturated rings. The van der Waals surface area contributed by atoms with Crippen LogP contribution < -0.4 is 0 Å². The maximum atomic E-state index is 13.7. The third kappa shape index (κ3) is 1.76. The van der Waals surface area contributed by atoms with E-state index in [0.717, 1.165) is 0 Å². The van der Waals surface area contributed by atoms with Crippen molar-refractivity contribution in [1.82, 2.24) is 0 Å². The van der Waals surface area contributed by atoms with E-state index in [2.05, 4.69) is 0 Å². The molecule has 6 heteroatoms. The molecule has 0 spiro atoms. The van der Waals surface area contributed by atoms with Gasteiger partial charge in [0.15, 0.2) is 5.82 Å². The van der Waals surface area contributed by atoms with Gasteiger partial charge in [-0.3, -0.25) is 0 Å². The van der Waals surface area contributed by atoms with Crippen LogP contribution in [0.3, 0.4) is 0 Å². The molecule has 0 saturated carbocycles. The molecule has 80 valence electrons. The number of rotatable bonds is 1. The van der Waals surface area contributed by atoms with Crippen molar-refractivity contribution in [2.24, 2.45) is 0 Å². The highest BCUT2D eigenvalue weighted by atomic mass is 19.1. The van der Waals surface area contributed by atoms with Gasteiger partial charge in [0.05, 0.1) is 18.1 Å². The van der Waals surface area contributed by atoms with Gasteiger partial charge >= 0.3 is 0 Å². The van der Waals surface area contributed by atoms with Gasteiger partial charge in [-0.1, -0.05) is 0 Å². The summed E-state index contributed by atoms with van der Waals surface area (Å²) in [6.45, 7) is 0. The van der Waals surface area contributed by atoms with Gasteiger partial charge in [-0.15, -0.1) is 0 Å². The van der Waals surface area contributed by atoms with Crippen molar-refractivity contribution in [3.8, 4) is 24.3 Å². The second-order valence-corrected chi connectivity index (χ2v) is 2.90. The Morgan fingerprint density at radius 2 is 1.24 bits per heavy atom. The maximum Gasteiger partial charge on any atom is 0.160 e. The Bertz CT molecular complexity index is 651. The Morgan fingerprint density at radius 3 is 1.65 bits per heavy atom. The van der Waals surface area contributed by atoms with Gasteiger partial charge in [0.1, 0.15) is 35.2 Å². The smallest absolute Gasteiger partial charge is 0.160 e. The molecule has 1 aromatic rings. The van der Waals surface area contributed by atoms with Crippen molar-refractivity contribution in [3.63, 3.8) is 0 Å². The molecule has 0 aromatic heterocycles. The van der Waals surface area contributed by atoms with Crippen molar-refractivity contribution >= 4 is 0 Å². The standard InChI is InChI=1S/C11H2F2N4/c12-10-6(1-2-14)7(3-15)11(13)9(5-17)8(10)4-16/h1H2. The number of nitrogens with zero attached hydrogens (tertiary/aromatic N) is 4. The predicted octanol–water partition coefficient (Wildman–Crippen LogP) is 1.65. The van der Waals surface area contributed by atoms with Gasteiger partial charge in [-0.25, -0.2) is 8.78 Å². The largest absolute Gasteiger partial charge is 0.205 e. The lowest BCUT2D eigenvalue weighted by Crippen LogP contribution is -2.05. The maximum absolute atomic E-state index is 13.7. The Labute approximate surface area is 95.2 Å². The number of hydrogen-bond donors (Lipinski definition) is 0. The average molecular weight is 228 g/mol. The van der Waals surface area contributed by atoms with E-state index in [4.69, 9.17) is 21.0 Å². The highest BCUT2D eigenvalue weighted by molar-refractivity contribution is 5.56. The number of halogens is 2. The van der Waals surface area contributed by atoms with E-state index in [-0.39, 0.29) is 0 Å². The molecule has 0 N–H and O–H groups in total. The van der Waals surface area contributed by atoms with E-state index in [1.54, 1.807) is 6.07 Å². The minimum absolute atomic E-state index is 0.497. The van der Waals surface area contributed by atoms with E-state index in [1.807, 2.05) is 0 Å². The van der Waals surface area contributed by atoms with Crippen LogP contribution in [0.4, 0.5) is 8.78 Å². The summed E-state index contributed by atoms with van der Waals surface area (Å²) in [5, 5.41) is 34.4. The molecule has 0 amide bonds. The van der Waals surface area contributed by atoms with Gasteiger partial charge < -0.3 is 0 Å². The molecule has 1 aromatic carbocycles.